The van der Waals surface area contributed by atoms with Gasteiger partial charge in [-0.05, 0) is 24.3 Å². The Kier molecular flexibility index (Phi) is 10.4. The van der Waals surface area contributed by atoms with Crippen molar-refractivity contribution in [2.45, 2.75) is 0 Å². The topological polar surface area (TPSA) is 128 Å². The van der Waals surface area contributed by atoms with E-state index in [9.17, 15) is 0 Å². The number of hydrogen-bond acceptors (Lipinski definition) is 6. The van der Waals surface area contributed by atoms with Gasteiger partial charge >= 0.3 is 0 Å². The summed E-state index contributed by atoms with van der Waals surface area (Å²) < 4.78 is 0. The summed E-state index contributed by atoms with van der Waals surface area (Å²) in [4.78, 5) is 0. The quantitative estimate of drug-likeness (QED) is 0.358. The lowest BCUT2D eigenvalue weighted by atomic mass is 10.3. The molecule has 0 aliphatic rings. The van der Waals surface area contributed by atoms with E-state index in [2.05, 4.69) is 0 Å². The fourth-order valence-electron chi connectivity index (χ4n) is 0.453. The van der Waals surface area contributed by atoms with E-state index in [4.69, 9.17) is 30.9 Å². The van der Waals surface area contributed by atoms with E-state index in [1.54, 1.807) is 0 Å². The third-order valence-electron chi connectivity index (χ3n) is 0.850. The summed E-state index contributed by atoms with van der Waals surface area (Å²) in [6, 6.07) is 5.70. The predicted octanol–water partition coefficient (Wildman–Crippen LogP) is 0.778. The van der Waals surface area contributed by atoms with Gasteiger partial charge in [0.25, 0.3) is 12.5 Å². The molecule has 1 aromatic carbocycles. The Balaban J connectivity index is 0. The van der Waals surface area contributed by atoms with E-state index in [-0.39, 0.29) is 11.5 Å². The summed E-state index contributed by atoms with van der Waals surface area (Å²) in [5.74, 6) is 0.339. The summed E-state index contributed by atoms with van der Waals surface area (Å²) in [5, 5.41) is 44.8. The van der Waals surface area contributed by atoms with E-state index in [0.29, 0.717) is 0 Å². The van der Waals surface area contributed by atoms with Gasteiger partial charge in [-0.3, -0.25) is 0 Å². The Hall–Kier alpha value is -2.60. The lowest BCUT2D eigenvalue weighted by molar-refractivity contribution is 0.460. The van der Waals surface area contributed by atoms with Gasteiger partial charge in [0.15, 0.2) is 0 Å². The van der Waals surface area contributed by atoms with Crippen molar-refractivity contribution < 1.29 is 20.4 Å². The summed E-state index contributed by atoms with van der Waals surface area (Å²) >= 11 is 0. The average molecular weight is 196 g/mol. The minimum absolute atomic E-state index is 0.169. The first-order valence-electron chi connectivity index (χ1n) is 3.16. The van der Waals surface area contributed by atoms with Crippen molar-refractivity contribution >= 4 is 0 Å². The molecular formula is C8H8N2O4. The van der Waals surface area contributed by atoms with Crippen LogP contribution in [0.25, 0.3) is 0 Å². The first-order valence-corrected chi connectivity index (χ1v) is 3.16. The SMILES string of the molecule is N#CO.N#CO.Oc1ccc(O)cc1. The third kappa shape index (κ3) is 12.1. The molecule has 1 rings (SSSR count). The normalized spacial score (nSPS) is 6.14. The van der Waals surface area contributed by atoms with E-state index < -0.39 is 0 Å². The number of nitrogens with zero attached hydrogens (tertiary/aromatic N) is 2. The van der Waals surface area contributed by atoms with Crippen LogP contribution < -0.4 is 0 Å². The largest absolute Gasteiger partial charge is 0.508 e. The third-order valence-corrected chi connectivity index (χ3v) is 0.850. The van der Waals surface area contributed by atoms with Gasteiger partial charge in [0.05, 0.1) is 0 Å². The van der Waals surface area contributed by atoms with Crippen molar-refractivity contribution in [2.24, 2.45) is 0 Å². The fourth-order valence-corrected chi connectivity index (χ4v) is 0.453. The highest BCUT2D eigenvalue weighted by atomic mass is 16.3. The van der Waals surface area contributed by atoms with Crippen LogP contribution in [0.1, 0.15) is 0 Å². The number of aliphatic hydroxyl groups excluding tert-OH is 2. The Bertz CT molecular complexity index is 277. The van der Waals surface area contributed by atoms with E-state index >= 15 is 0 Å². The van der Waals surface area contributed by atoms with Crippen LogP contribution in [0.4, 0.5) is 0 Å². The zero-order valence-corrected chi connectivity index (χ0v) is 6.99. The zero-order chi connectivity index (χ0) is 11.4. The summed E-state index contributed by atoms with van der Waals surface area (Å²) in [5.41, 5.74) is 0. The highest BCUT2D eigenvalue weighted by Crippen LogP contribution is 2.13. The van der Waals surface area contributed by atoms with Crippen LogP contribution in [-0.4, -0.2) is 20.4 Å². The molecule has 0 bridgehead atoms. The maximum absolute atomic E-state index is 8.65. The Morgan fingerprint density at radius 3 is 1.07 bits per heavy atom. The molecule has 0 radical (unpaired) electrons. The van der Waals surface area contributed by atoms with Gasteiger partial charge < -0.3 is 20.4 Å². The van der Waals surface area contributed by atoms with Crippen molar-refractivity contribution in [3.05, 3.63) is 24.3 Å². The second kappa shape index (κ2) is 10.4. The monoisotopic (exact) mass is 196 g/mol. The molecule has 74 valence electrons. The number of phenolic OH excluding ortho intramolecular Hbond substituents is 2. The maximum atomic E-state index is 8.65. The number of benzene rings is 1. The molecule has 0 aliphatic heterocycles. The van der Waals surface area contributed by atoms with Crippen LogP contribution in [0.2, 0.25) is 0 Å². The number of nitriles is 2. The van der Waals surface area contributed by atoms with Gasteiger partial charge in [0.1, 0.15) is 11.5 Å². The molecule has 1 aromatic rings. The number of phenols is 2. The molecular weight excluding hydrogens is 188 g/mol. The Morgan fingerprint density at radius 2 is 0.929 bits per heavy atom. The molecule has 0 atom stereocenters. The second-order valence-electron chi connectivity index (χ2n) is 1.72. The zero-order valence-electron chi connectivity index (χ0n) is 6.99. The number of hydrogen-bond donors (Lipinski definition) is 4. The minimum atomic E-state index is 0.169. The van der Waals surface area contributed by atoms with Crippen LogP contribution in [0.3, 0.4) is 0 Å². The second-order valence-corrected chi connectivity index (χ2v) is 1.72. The molecule has 6 nitrogen and oxygen atoms in total. The van der Waals surface area contributed by atoms with Crippen LogP contribution in [0.15, 0.2) is 24.3 Å². The van der Waals surface area contributed by atoms with Crippen molar-refractivity contribution in [1.29, 1.82) is 10.5 Å². The van der Waals surface area contributed by atoms with Gasteiger partial charge in [-0.25, -0.2) is 0 Å². The minimum Gasteiger partial charge on any atom is -0.508 e. The van der Waals surface area contributed by atoms with Gasteiger partial charge in [-0.15, -0.1) is 0 Å². The fraction of sp³-hybridized carbons (Fsp3) is 0. The molecule has 0 spiro atoms. The molecule has 4 N–H and O–H groups in total. The van der Waals surface area contributed by atoms with E-state index in [1.807, 2.05) is 0 Å². The molecule has 0 amide bonds. The molecule has 14 heavy (non-hydrogen) atoms. The van der Waals surface area contributed by atoms with E-state index in [1.165, 1.54) is 24.3 Å². The smallest absolute Gasteiger partial charge is 0.283 e. The number of aromatic hydroxyl groups is 2. The molecule has 0 saturated heterocycles. The first kappa shape index (κ1) is 14.0. The van der Waals surface area contributed by atoms with Crippen LogP contribution >= 0.6 is 0 Å². The van der Waals surface area contributed by atoms with Gasteiger partial charge in [0, 0.05) is 0 Å². The van der Waals surface area contributed by atoms with E-state index in [0.717, 1.165) is 12.5 Å². The molecule has 0 heterocycles. The molecule has 6 heteroatoms. The van der Waals surface area contributed by atoms with Crippen LogP contribution in [-0.2, 0) is 0 Å². The highest BCUT2D eigenvalue weighted by molar-refractivity contribution is 5.28. The predicted molar refractivity (Wildman–Crippen MR) is 44.9 cm³/mol. The summed E-state index contributed by atoms with van der Waals surface area (Å²) in [6.45, 7) is 0. The van der Waals surface area contributed by atoms with Gasteiger partial charge in [-0.2, -0.15) is 10.5 Å². The number of aliphatic hydroxyl groups is 2. The van der Waals surface area contributed by atoms with Gasteiger partial charge in [0.2, 0.25) is 0 Å². The van der Waals surface area contributed by atoms with Crippen LogP contribution in [0, 0.1) is 23.0 Å². The lowest BCUT2D eigenvalue weighted by Crippen LogP contribution is -1.61. The average Bonchev–Trinajstić information content (AvgIpc) is 2.13. The molecule has 0 unspecified atom stereocenters. The standard InChI is InChI=1S/C6H6O2.2CHNO/c7-5-1-2-6(8)4-3-5;2*2-1-3/h1-4,7-8H;2*3H. The molecule has 0 aliphatic carbocycles. The Morgan fingerprint density at radius 1 is 0.786 bits per heavy atom. The summed E-state index contributed by atoms with van der Waals surface area (Å²) in [7, 11) is 0. The van der Waals surface area contributed by atoms with Crippen molar-refractivity contribution in [1.82, 2.24) is 0 Å². The Labute approximate surface area is 80.1 Å². The lowest BCUT2D eigenvalue weighted by Gasteiger charge is -1.88. The van der Waals surface area contributed by atoms with Gasteiger partial charge in [-0.1, -0.05) is 0 Å². The summed E-state index contributed by atoms with van der Waals surface area (Å²) in [6.07, 6.45) is 1.50. The number of rotatable bonds is 0. The first-order chi connectivity index (χ1) is 6.62. The highest BCUT2D eigenvalue weighted by Gasteiger charge is 1.84. The molecule has 0 aromatic heterocycles. The van der Waals surface area contributed by atoms with Crippen molar-refractivity contribution in [2.75, 3.05) is 0 Å². The molecule has 0 fully saturated rings. The maximum Gasteiger partial charge on any atom is 0.283 e. The van der Waals surface area contributed by atoms with Crippen LogP contribution in [0.5, 0.6) is 11.5 Å². The van der Waals surface area contributed by atoms with Crippen molar-refractivity contribution in [3.8, 4) is 24.0 Å². The van der Waals surface area contributed by atoms with Crippen molar-refractivity contribution in [3.63, 3.8) is 0 Å². The molecule has 0 saturated carbocycles.